The van der Waals surface area contributed by atoms with Crippen LogP contribution in [0.4, 0.5) is 0 Å². The maximum atomic E-state index is 13.1. The third-order valence-electron chi connectivity index (χ3n) is 5.30. The average Bonchev–Trinajstić information content (AvgIpc) is 3.21. The van der Waals surface area contributed by atoms with Crippen molar-refractivity contribution in [1.29, 1.82) is 0 Å². The second kappa shape index (κ2) is 7.78. The highest BCUT2D eigenvalue weighted by atomic mass is 16.2. The summed E-state index contributed by atoms with van der Waals surface area (Å²) in [5.74, 6) is 0.560. The number of piperidine rings is 1. The zero-order chi connectivity index (χ0) is 18.6. The van der Waals surface area contributed by atoms with Crippen LogP contribution in [0.2, 0.25) is 0 Å². The third kappa shape index (κ3) is 4.11. The molecule has 0 aliphatic carbocycles. The minimum atomic E-state index is 0.134. The van der Waals surface area contributed by atoms with E-state index in [4.69, 9.17) is 0 Å². The number of nitrogens with zero attached hydrogens (tertiary/aromatic N) is 3. The van der Waals surface area contributed by atoms with Crippen LogP contribution in [0.3, 0.4) is 0 Å². The summed E-state index contributed by atoms with van der Waals surface area (Å²) in [4.78, 5) is 15.1. The van der Waals surface area contributed by atoms with Crippen LogP contribution in [0.1, 0.15) is 45.8 Å². The molecule has 1 atom stereocenters. The Morgan fingerprint density at radius 3 is 2.85 bits per heavy atom. The van der Waals surface area contributed by atoms with E-state index < -0.39 is 0 Å². The Kier molecular flexibility index (Phi) is 5.05. The summed E-state index contributed by atoms with van der Waals surface area (Å²) in [5, 5.41) is 4.25. The fourth-order valence-electron chi connectivity index (χ4n) is 3.92. The van der Waals surface area contributed by atoms with Gasteiger partial charge in [-0.3, -0.25) is 9.48 Å². The number of aryl methyl sites for hydroxylation is 1. The van der Waals surface area contributed by atoms with E-state index in [0.29, 0.717) is 12.5 Å². The van der Waals surface area contributed by atoms with Crippen molar-refractivity contribution in [2.45, 2.75) is 32.2 Å². The van der Waals surface area contributed by atoms with E-state index in [1.807, 2.05) is 46.1 Å². The van der Waals surface area contributed by atoms with Crippen LogP contribution < -0.4 is 0 Å². The number of carbonyl (C=O) groups is 1. The maximum absolute atomic E-state index is 13.1. The summed E-state index contributed by atoms with van der Waals surface area (Å²) in [6, 6.07) is 18.5. The predicted octanol–water partition coefficient (Wildman–Crippen LogP) is 4.26. The van der Waals surface area contributed by atoms with Crippen LogP contribution in [0.15, 0.2) is 67.0 Å². The molecule has 1 saturated heterocycles. The van der Waals surface area contributed by atoms with Gasteiger partial charge >= 0.3 is 0 Å². The van der Waals surface area contributed by atoms with E-state index in [-0.39, 0.29) is 5.91 Å². The molecule has 3 aromatic rings. The van der Waals surface area contributed by atoms with Gasteiger partial charge in [-0.15, -0.1) is 0 Å². The number of likely N-dealkylation sites (tertiary alicyclic amines) is 1. The van der Waals surface area contributed by atoms with Crippen molar-refractivity contribution in [2.75, 3.05) is 13.1 Å². The van der Waals surface area contributed by atoms with E-state index in [2.05, 4.69) is 36.3 Å². The average molecular weight is 359 g/mol. The van der Waals surface area contributed by atoms with Crippen molar-refractivity contribution in [3.05, 3.63) is 89.2 Å². The van der Waals surface area contributed by atoms with Gasteiger partial charge in [-0.25, -0.2) is 0 Å². The van der Waals surface area contributed by atoms with E-state index in [9.17, 15) is 4.79 Å². The van der Waals surface area contributed by atoms with Crippen LogP contribution >= 0.6 is 0 Å². The predicted molar refractivity (Wildman–Crippen MR) is 107 cm³/mol. The monoisotopic (exact) mass is 359 g/mol. The smallest absolute Gasteiger partial charge is 0.253 e. The molecule has 2 aromatic carbocycles. The minimum absolute atomic E-state index is 0.134. The summed E-state index contributed by atoms with van der Waals surface area (Å²) < 4.78 is 1.87. The number of aromatic nitrogens is 2. The molecule has 0 saturated carbocycles. The highest BCUT2D eigenvalue weighted by molar-refractivity contribution is 5.94. The van der Waals surface area contributed by atoms with Crippen molar-refractivity contribution < 1.29 is 4.79 Å². The summed E-state index contributed by atoms with van der Waals surface area (Å²) >= 11 is 0. The molecule has 0 N–H and O–H groups in total. The molecule has 1 aliphatic heterocycles. The Hall–Kier alpha value is -2.88. The molecule has 0 spiro atoms. The molecule has 0 bridgehead atoms. The normalized spacial score (nSPS) is 17.1. The van der Waals surface area contributed by atoms with Gasteiger partial charge in [0.05, 0.1) is 6.54 Å². The maximum Gasteiger partial charge on any atom is 0.253 e. The Balaban J connectivity index is 1.49. The van der Waals surface area contributed by atoms with Crippen LogP contribution in [0.5, 0.6) is 0 Å². The molecule has 1 aliphatic rings. The first-order valence-corrected chi connectivity index (χ1v) is 9.61. The summed E-state index contributed by atoms with van der Waals surface area (Å²) in [7, 11) is 0. The number of hydrogen-bond acceptors (Lipinski definition) is 2. The molecule has 1 aromatic heterocycles. The highest BCUT2D eigenvalue weighted by Gasteiger charge is 2.25. The first kappa shape index (κ1) is 17.5. The van der Waals surface area contributed by atoms with Crippen molar-refractivity contribution in [1.82, 2.24) is 14.7 Å². The lowest BCUT2D eigenvalue weighted by Crippen LogP contribution is -2.39. The molecule has 138 valence electrons. The van der Waals surface area contributed by atoms with Gasteiger partial charge in [0.1, 0.15) is 0 Å². The van der Waals surface area contributed by atoms with Crippen molar-refractivity contribution in [3.8, 4) is 0 Å². The van der Waals surface area contributed by atoms with Gasteiger partial charge in [0.2, 0.25) is 0 Å². The molecule has 27 heavy (non-hydrogen) atoms. The largest absolute Gasteiger partial charge is 0.338 e. The first-order valence-electron chi connectivity index (χ1n) is 9.61. The second-order valence-corrected chi connectivity index (χ2v) is 7.41. The fourth-order valence-corrected chi connectivity index (χ4v) is 3.92. The van der Waals surface area contributed by atoms with Crippen molar-refractivity contribution >= 4 is 5.91 Å². The molecular weight excluding hydrogens is 334 g/mol. The highest BCUT2D eigenvalue weighted by Crippen LogP contribution is 2.28. The van der Waals surface area contributed by atoms with Crippen LogP contribution in [-0.2, 0) is 6.54 Å². The van der Waals surface area contributed by atoms with E-state index in [1.54, 1.807) is 6.20 Å². The quantitative estimate of drug-likeness (QED) is 0.698. The van der Waals surface area contributed by atoms with Crippen molar-refractivity contribution in [2.24, 2.45) is 0 Å². The lowest BCUT2D eigenvalue weighted by atomic mass is 9.89. The van der Waals surface area contributed by atoms with Gasteiger partial charge in [0.25, 0.3) is 5.91 Å². The molecule has 4 heteroatoms. The molecule has 0 radical (unpaired) electrons. The van der Waals surface area contributed by atoms with Gasteiger partial charge < -0.3 is 4.90 Å². The van der Waals surface area contributed by atoms with Crippen LogP contribution in [-0.4, -0.2) is 33.7 Å². The molecule has 2 heterocycles. The summed E-state index contributed by atoms with van der Waals surface area (Å²) in [5.41, 5.74) is 4.49. The van der Waals surface area contributed by atoms with E-state index in [0.717, 1.165) is 37.1 Å². The Bertz CT molecular complexity index is 917. The van der Waals surface area contributed by atoms with Gasteiger partial charge in [0.15, 0.2) is 0 Å². The molecule has 4 nitrogen and oxygen atoms in total. The molecule has 4 rings (SSSR count). The van der Waals surface area contributed by atoms with E-state index >= 15 is 0 Å². The lowest BCUT2D eigenvalue weighted by molar-refractivity contribution is 0.0707. The Morgan fingerprint density at radius 1 is 1.15 bits per heavy atom. The standard InChI is InChI=1S/C23H25N3O/c1-18-6-2-8-20(14-18)22-10-4-12-25(17-22)23(27)21-9-3-7-19(15-21)16-26-13-5-11-24-26/h2-3,5-9,11,13-15,22H,4,10,12,16-17H2,1H3. The number of rotatable bonds is 4. The SMILES string of the molecule is Cc1cccc(C2CCCN(C(=O)c3cccc(Cn4cccn4)c3)C2)c1. The summed E-state index contributed by atoms with van der Waals surface area (Å²) in [6.45, 7) is 4.44. The zero-order valence-electron chi connectivity index (χ0n) is 15.7. The van der Waals surface area contributed by atoms with Crippen LogP contribution in [0.25, 0.3) is 0 Å². The van der Waals surface area contributed by atoms with Gasteiger partial charge in [-0.2, -0.15) is 5.10 Å². The molecule has 1 fully saturated rings. The number of hydrogen-bond donors (Lipinski definition) is 0. The number of amides is 1. The van der Waals surface area contributed by atoms with Crippen molar-refractivity contribution in [3.63, 3.8) is 0 Å². The molecular formula is C23H25N3O. The zero-order valence-corrected chi connectivity index (χ0v) is 15.7. The number of carbonyl (C=O) groups excluding carboxylic acids is 1. The Morgan fingerprint density at radius 2 is 2.04 bits per heavy atom. The second-order valence-electron chi connectivity index (χ2n) is 7.41. The third-order valence-corrected chi connectivity index (χ3v) is 5.30. The van der Waals surface area contributed by atoms with E-state index in [1.165, 1.54) is 11.1 Å². The van der Waals surface area contributed by atoms with Gasteiger partial charge in [-0.05, 0) is 49.1 Å². The minimum Gasteiger partial charge on any atom is -0.338 e. The first-order chi connectivity index (χ1) is 13.2. The Labute approximate surface area is 160 Å². The van der Waals surface area contributed by atoms with Gasteiger partial charge in [0, 0.05) is 37.0 Å². The van der Waals surface area contributed by atoms with Gasteiger partial charge in [-0.1, -0.05) is 42.0 Å². The van der Waals surface area contributed by atoms with Crippen LogP contribution in [0, 0.1) is 6.92 Å². The lowest BCUT2D eigenvalue weighted by Gasteiger charge is -2.33. The topological polar surface area (TPSA) is 38.1 Å². The molecule has 1 unspecified atom stereocenters. The number of benzene rings is 2. The summed E-state index contributed by atoms with van der Waals surface area (Å²) in [6.07, 6.45) is 5.91. The molecule has 1 amide bonds. The fraction of sp³-hybridized carbons (Fsp3) is 0.304.